The van der Waals surface area contributed by atoms with Crippen LogP contribution < -0.4 is 0 Å². The van der Waals surface area contributed by atoms with Crippen molar-refractivity contribution in [2.75, 3.05) is 7.11 Å². The second kappa shape index (κ2) is 4.50. The van der Waals surface area contributed by atoms with Crippen LogP contribution in [0.5, 0.6) is 0 Å². The zero-order chi connectivity index (χ0) is 9.84. The first-order valence-electron chi connectivity index (χ1n) is 5.05. The molecular formula is C12H20O. The summed E-state index contributed by atoms with van der Waals surface area (Å²) < 4.78 is 5.23. The molecule has 1 aliphatic carbocycles. The van der Waals surface area contributed by atoms with Gasteiger partial charge in [-0.3, -0.25) is 0 Å². The van der Waals surface area contributed by atoms with Crippen molar-refractivity contribution >= 4 is 0 Å². The highest BCUT2D eigenvalue weighted by atomic mass is 16.5. The minimum absolute atomic E-state index is 0.510. The Labute approximate surface area is 81.5 Å². The van der Waals surface area contributed by atoms with Gasteiger partial charge in [-0.05, 0) is 25.7 Å². The number of hydrogen-bond acceptors (Lipinski definition) is 1. The van der Waals surface area contributed by atoms with Crippen molar-refractivity contribution in [1.82, 2.24) is 0 Å². The fourth-order valence-electron chi connectivity index (χ4n) is 2.26. The highest BCUT2D eigenvalue weighted by Crippen LogP contribution is 2.38. The third-order valence-corrected chi connectivity index (χ3v) is 3.07. The van der Waals surface area contributed by atoms with Crippen LogP contribution in [0.3, 0.4) is 0 Å². The molecule has 0 saturated heterocycles. The van der Waals surface area contributed by atoms with E-state index >= 15 is 0 Å². The van der Waals surface area contributed by atoms with Crippen LogP contribution in [0.2, 0.25) is 0 Å². The van der Waals surface area contributed by atoms with Gasteiger partial charge in [-0.1, -0.05) is 31.6 Å². The van der Waals surface area contributed by atoms with Crippen LogP contribution in [0.1, 0.15) is 32.6 Å². The van der Waals surface area contributed by atoms with Crippen molar-refractivity contribution in [1.29, 1.82) is 0 Å². The minimum Gasteiger partial charge on any atom is -0.501 e. The van der Waals surface area contributed by atoms with Crippen LogP contribution in [0, 0.1) is 11.8 Å². The van der Waals surface area contributed by atoms with E-state index < -0.39 is 0 Å². The van der Waals surface area contributed by atoms with Crippen LogP contribution in [-0.4, -0.2) is 7.11 Å². The summed E-state index contributed by atoms with van der Waals surface area (Å²) in [7, 11) is 1.71. The number of hydrogen-bond donors (Lipinski definition) is 0. The summed E-state index contributed by atoms with van der Waals surface area (Å²) in [6.45, 7) is 10.1. The molecule has 1 nitrogen and oxygen atoms in total. The number of ether oxygens (including phenoxy) is 1. The van der Waals surface area contributed by atoms with Gasteiger partial charge >= 0.3 is 0 Å². The summed E-state index contributed by atoms with van der Waals surface area (Å²) in [5.41, 5.74) is 1.28. The zero-order valence-electron chi connectivity index (χ0n) is 8.81. The van der Waals surface area contributed by atoms with Crippen LogP contribution in [0.25, 0.3) is 0 Å². The largest absolute Gasteiger partial charge is 0.501 e. The molecule has 1 rings (SSSR count). The van der Waals surface area contributed by atoms with Crippen molar-refractivity contribution in [2.24, 2.45) is 11.8 Å². The second-order valence-corrected chi connectivity index (χ2v) is 4.01. The molecule has 0 bridgehead atoms. The van der Waals surface area contributed by atoms with E-state index in [-0.39, 0.29) is 0 Å². The lowest BCUT2D eigenvalue weighted by Gasteiger charge is -2.32. The predicted octanol–water partition coefficient (Wildman–Crippen LogP) is 3.53. The fraction of sp³-hybridized carbons (Fsp3) is 0.667. The summed E-state index contributed by atoms with van der Waals surface area (Å²) in [4.78, 5) is 0. The molecule has 0 spiro atoms. The van der Waals surface area contributed by atoms with Gasteiger partial charge < -0.3 is 4.74 Å². The van der Waals surface area contributed by atoms with Crippen molar-refractivity contribution in [3.8, 4) is 0 Å². The van der Waals surface area contributed by atoms with Gasteiger partial charge in [0.1, 0.15) is 0 Å². The molecular weight excluding hydrogens is 160 g/mol. The quantitative estimate of drug-likeness (QED) is 0.477. The summed E-state index contributed by atoms with van der Waals surface area (Å²) in [5.74, 6) is 2.05. The smallest absolute Gasteiger partial charge is 0.0920 e. The first-order chi connectivity index (χ1) is 6.16. The maximum Gasteiger partial charge on any atom is 0.0920 e. The highest BCUT2D eigenvalue weighted by molar-refractivity contribution is 5.08. The van der Waals surface area contributed by atoms with Crippen molar-refractivity contribution < 1.29 is 4.74 Å². The van der Waals surface area contributed by atoms with E-state index in [4.69, 9.17) is 4.74 Å². The maximum atomic E-state index is 5.23. The Balaban J connectivity index is 2.67. The predicted molar refractivity (Wildman–Crippen MR) is 56.4 cm³/mol. The normalized spacial score (nSPS) is 28.2. The number of methoxy groups -OCH3 is 1. The van der Waals surface area contributed by atoms with Crippen LogP contribution in [0.15, 0.2) is 24.5 Å². The van der Waals surface area contributed by atoms with Crippen molar-refractivity contribution in [2.45, 2.75) is 32.6 Å². The summed E-state index contributed by atoms with van der Waals surface area (Å²) >= 11 is 0. The molecule has 0 aromatic rings. The minimum atomic E-state index is 0.510. The van der Waals surface area contributed by atoms with Gasteiger partial charge in [0.2, 0.25) is 0 Å². The zero-order valence-corrected chi connectivity index (χ0v) is 8.81. The van der Waals surface area contributed by atoms with E-state index in [1.807, 2.05) is 0 Å². The first-order valence-corrected chi connectivity index (χ1v) is 5.05. The van der Waals surface area contributed by atoms with Crippen molar-refractivity contribution in [3.05, 3.63) is 24.5 Å². The molecule has 0 amide bonds. The van der Waals surface area contributed by atoms with E-state index in [1.165, 1.54) is 31.3 Å². The van der Waals surface area contributed by atoms with Gasteiger partial charge in [0.05, 0.1) is 12.9 Å². The van der Waals surface area contributed by atoms with E-state index in [0.717, 1.165) is 5.76 Å². The molecule has 0 radical (unpaired) electrons. The van der Waals surface area contributed by atoms with Gasteiger partial charge in [0.15, 0.2) is 0 Å². The van der Waals surface area contributed by atoms with Gasteiger partial charge in [0.25, 0.3) is 0 Å². The average molecular weight is 180 g/mol. The molecule has 0 N–H and O–H groups in total. The molecule has 1 saturated carbocycles. The summed E-state index contributed by atoms with van der Waals surface area (Å²) in [5, 5.41) is 0. The van der Waals surface area contributed by atoms with E-state index in [1.54, 1.807) is 7.11 Å². The lowest BCUT2D eigenvalue weighted by Crippen LogP contribution is -2.22. The summed E-state index contributed by atoms with van der Waals surface area (Å²) in [6, 6.07) is 0. The Kier molecular flexibility index (Phi) is 3.58. The monoisotopic (exact) mass is 180 g/mol. The van der Waals surface area contributed by atoms with Gasteiger partial charge in [0, 0.05) is 5.92 Å². The third-order valence-electron chi connectivity index (χ3n) is 3.07. The van der Waals surface area contributed by atoms with Gasteiger partial charge in [-0.15, -0.1) is 0 Å². The highest BCUT2D eigenvalue weighted by Gasteiger charge is 2.28. The van der Waals surface area contributed by atoms with Crippen molar-refractivity contribution in [3.63, 3.8) is 0 Å². The van der Waals surface area contributed by atoms with E-state index in [2.05, 4.69) is 20.1 Å². The molecule has 0 heterocycles. The Morgan fingerprint density at radius 1 is 1.15 bits per heavy atom. The van der Waals surface area contributed by atoms with Crippen LogP contribution >= 0.6 is 0 Å². The average Bonchev–Trinajstić information content (AvgIpc) is 2.16. The number of rotatable bonds is 3. The molecule has 0 aliphatic heterocycles. The molecule has 2 unspecified atom stereocenters. The molecule has 1 aliphatic rings. The van der Waals surface area contributed by atoms with E-state index in [0.29, 0.717) is 11.8 Å². The Hall–Kier alpha value is -0.720. The topological polar surface area (TPSA) is 9.23 Å². The summed E-state index contributed by atoms with van der Waals surface area (Å²) in [6.07, 6.45) is 5.09. The van der Waals surface area contributed by atoms with Gasteiger partial charge in [-0.25, -0.2) is 0 Å². The SMILES string of the molecule is C=C(C)C1CCCCC1C(=C)OC. The molecule has 0 aromatic heterocycles. The molecule has 1 heteroatoms. The standard InChI is InChI=1S/C12H20O/c1-9(2)11-7-5-6-8-12(11)10(3)13-4/h11-12H,1,3,5-8H2,2,4H3. The molecule has 13 heavy (non-hydrogen) atoms. The lowest BCUT2D eigenvalue weighted by molar-refractivity contribution is 0.184. The second-order valence-electron chi connectivity index (χ2n) is 4.01. The van der Waals surface area contributed by atoms with Crippen LogP contribution in [0.4, 0.5) is 0 Å². The molecule has 74 valence electrons. The fourth-order valence-corrected chi connectivity index (χ4v) is 2.26. The lowest BCUT2D eigenvalue weighted by atomic mass is 9.75. The molecule has 2 atom stereocenters. The molecule has 0 aromatic carbocycles. The third kappa shape index (κ3) is 2.36. The van der Waals surface area contributed by atoms with E-state index in [9.17, 15) is 0 Å². The first kappa shape index (κ1) is 10.4. The van der Waals surface area contributed by atoms with Gasteiger partial charge in [-0.2, -0.15) is 0 Å². The Bertz CT molecular complexity index is 205. The number of allylic oxidation sites excluding steroid dienone is 2. The maximum absolute atomic E-state index is 5.23. The Morgan fingerprint density at radius 2 is 1.69 bits per heavy atom. The van der Waals surface area contributed by atoms with Crippen LogP contribution in [-0.2, 0) is 4.74 Å². The Morgan fingerprint density at radius 3 is 2.15 bits per heavy atom. The molecule has 1 fully saturated rings.